The van der Waals surface area contributed by atoms with E-state index in [9.17, 15) is 13.2 Å². The van der Waals surface area contributed by atoms with E-state index in [1.54, 1.807) is 37.3 Å². The highest BCUT2D eigenvalue weighted by Crippen LogP contribution is 2.26. The topological polar surface area (TPSA) is 75.3 Å². The molecule has 4 aromatic carbocycles. The fourth-order valence-electron chi connectivity index (χ4n) is 3.47. The lowest BCUT2D eigenvalue weighted by atomic mass is 10.0. The van der Waals surface area contributed by atoms with Crippen molar-refractivity contribution in [1.82, 2.24) is 0 Å². The summed E-state index contributed by atoms with van der Waals surface area (Å²) >= 11 is 12.3. The largest absolute Gasteiger partial charge is 0.322 e. The highest BCUT2D eigenvalue weighted by atomic mass is 35.5. The standard InChI is InChI=1S/C28H22Cl2N2O3S/c1-19-11-12-22(29)18-27(19)32-36(34,35)24-15-13-23(14-16-24)31-28(33)25(20-7-3-2-4-8-20)17-21-9-5-6-10-26(21)30/h2-18,32H,1H3,(H,31,33)/b25-17+. The van der Waals surface area contributed by atoms with Gasteiger partial charge in [0.2, 0.25) is 0 Å². The van der Waals surface area contributed by atoms with Crippen LogP contribution < -0.4 is 10.0 Å². The lowest BCUT2D eigenvalue weighted by Crippen LogP contribution is -2.15. The third kappa shape index (κ3) is 6.15. The van der Waals surface area contributed by atoms with E-state index in [4.69, 9.17) is 23.2 Å². The molecule has 0 saturated heterocycles. The number of amides is 1. The number of carbonyl (C=O) groups excluding carboxylic acids is 1. The third-order valence-electron chi connectivity index (χ3n) is 5.40. The molecular formula is C28H22Cl2N2O3S. The molecule has 0 radical (unpaired) electrons. The van der Waals surface area contributed by atoms with Gasteiger partial charge < -0.3 is 5.32 Å². The first-order valence-corrected chi connectivity index (χ1v) is 13.2. The smallest absolute Gasteiger partial charge is 0.261 e. The Kier molecular flexibility index (Phi) is 7.79. The predicted octanol–water partition coefficient (Wildman–Crippen LogP) is 7.28. The zero-order valence-corrected chi connectivity index (χ0v) is 21.5. The van der Waals surface area contributed by atoms with Gasteiger partial charge in [-0.15, -0.1) is 0 Å². The van der Waals surface area contributed by atoms with E-state index in [2.05, 4.69) is 10.0 Å². The first-order valence-electron chi connectivity index (χ1n) is 10.9. The van der Waals surface area contributed by atoms with Crippen LogP contribution in [0.4, 0.5) is 11.4 Å². The van der Waals surface area contributed by atoms with Gasteiger partial charge in [-0.2, -0.15) is 0 Å². The number of hydrogen-bond acceptors (Lipinski definition) is 3. The maximum absolute atomic E-state index is 13.3. The second-order valence-corrected chi connectivity index (χ2v) is 10.5. The van der Waals surface area contributed by atoms with E-state index in [1.165, 1.54) is 24.3 Å². The summed E-state index contributed by atoms with van der Waals surface area (Å²) in [5.74, 6) is -0.357. The number of halogens is 2. The predicted molar refractivity (Wildman–Crippen MR) is 148 cm³/mol. The molecule has 0 aromatic heterocycles. The lowest BCUT2D eigenvalue weighted by molar-refractivity contribution is -0.111. The molecule has 4 rings (SSSR count). The summed E-state index contributed by atoms with van der Waals surface area (Å²) in [5, 5.41) is 3.79. The summed E-state index contributed by atoms with van der Waals surface area (Å²) in [4.78, 5) is 13.3. The van der Waals surface area contributed by atoms with Crippen LogP contribution in [0, 0.1) is 6.92 Å². The summed E-state index contributed by atoms with van der Waals surface area (Å²) < 4.78 is 28.3. The number of aryl methyl sites for hydroxylation is 1. The maximum Gasteiger partial charge on any atom is 0.261 e. The molecule has 0 unspecified atom stereocenters. The number of nitrogens with one attached hydrogen (secondary N) is 2. The Morgan fingerprint density at radius 1 is 0.833 bits per heavy atom. The van der Waals surface area contributed by atoms with Crippen LogP contribution in [-0.2, 0) is 14.8 Å². The minimum Gasteiger partial charge on any atom is -0.322 e. The minimum atomic E-state index is -3.85. The van der Waals surface area contributed by atoms with Crippen LogP contribution in [0.3, 0.4) is 0 Å². The molecule has 2 N–H and O–H groups in total. The number of rotatable bonds is 7. The van der Waals surface area contributed by atoms with Gasteiger partial charge in [0.05, 0.1) is 10.6 Å². The van der Waals surface area contributed by atoms with Crippen LogP contribution in [-0.4, -0.2) is 14.3 Å². The van der Waals surface area contributed by atoms with Gasteiger partial charge in [-0.3, -0.25) is 9.52 Å². The fourth-order valence-corrected chi connectivity index (χ4v) is 4.95. The molecule has 36 heavy (non-hydrogen) atoms. The van der Waals surface area contributed by atoms with E-state index in [1.807, 2.05) is 48.5 Å². The van der Waals surface area contributed by atoms with Crippen LogP contribution >= 0.6 is 23.2 Å². The quantitative estimate of drug-likeness (QED) is 0.192. The van der Waals surface area contributed by atoms with Gasteiger partial charge in [0.25, 0.3) is 15.9 Å². The molecule has 0 spiro atoms. The number of sulfonamides is 1. The van der Waals surface area contributed by atoms with E-state index in [0.717, 1.165) is 11.1 Å². The Bertz CT molecular complexity index is 1540. The molecule has 5 nitrogen and oxygen atoms in total. The number of carbonyl (C=O) groups is 1. The number of benzene rings is 4. The van der Waals surface area contributed by atoms with E-state index in [-0.39, 0.29) is 10.8 Å². The molecule has 4 aromatic rings. The molecular weight excluding hydrogens is 515 g/mol. The summed E-state index contributed by atoms with van der Waals surface area (Å²) in [5.41, 5.74) is 3.42. The van der Waals surface area contributed by atoms with Crippen molar-refractivity contribution in [2.45, 2.75) is 11.8 Å². The molecule has 0 bridgehead atoms. The summed E-state index contributed by atoms with van der Waals surface area (Å²) in [6, 6.07) is 27.4. The SMILES string of the molecule is Cc1ccc(Cl)cc1NS(=O)(=O)c1ccc(NC(=O)/C(=C/c2ccccc2Cl)c2ccccc2)cc1. The molecule has 0 aliphatic heterocycles. The first-order chi connectivity index (χ1) is 17.2. The average Bonchev–Trinajstić information content (AvgIpc) is 2.86. The highest BCUT2D eigenvalue weighted by molar-refractivity contribution is 7.92. The molecule has 0 fully saturated rings. The van der Waals surface area contributed by atoms with Crippen LogP contribution in [0.25, 0.3) is 11.6 Å². The van der Waals surface area contributed by atoms with Crippen molar-refractivity contribution in [3.63, 3.8) is 0 Å². The number of hydrogen-bond donors (Lipinski definition) is 2. The van der Waals surface area contributed by atoms with Crippen molar-refractivity contribution in [3.8, 4) is 0 Å². The molecule has 8 heteroatoms. The molecule has 0 aliphatic rings. The molecule has 182 valence electrons. The van der Waals surface area contributed by atoms with Crippen molar-refractivity contribution in [3.05, 3.63) is 124 Å². The van der Waals surface area contributed by atoms with Crippen LogP contribution in [0.15, 0.2) is 102 Å². The fraction of sp³-hybridized carbons (Fsp3) is 0.0357. The van der Waals surface area contributed by atoms with Gasteiger partial charge in [-0.25, -0.2) is 8.42 Å². The lowest BCUT2D eigenvalue weighted by Gasteiger charge is -2.13. The van der Waals surface area contributed by atoms with E-state index < -0.39 is 10.0 Å². The summed E-state index contributed by atoms with van der Waals surface area (Å²) in [6.45, 7) is 1.78. The molecule has 0 atom stereocenters. The first kappa shape index (κ1) is 25.5. The second-order valence-electron chi connectivity index (χ2n) is 7.99. The van der Waals surface area contributed by atoms with Crippen molar-refractivity contribution < 1.29 is 13.2 Å². The second kappa shape index (κ2) is 11.0. The van der Waals surface area contributed by atoms with Crippen LogP contribution in [0.2, 0.25) is 10.0 Å². The Morgan fingerprint density at radius 2 is 1.50 bits per heavy atom. The Morgan fingerprint density at radius 3 is 2.19 bits per heavy atom. The van der Waals surface area contributed by atoms with Gasteiger partial charge in [0.15, 0.2) is 0 Å². The molecule has 1 amide bonds. The van der Waals surface area contributed by atoms with Crippen molar-refractivity contribution >= 4 is 62.2 Å². The summed E-state index contributed by atoms with van der Waals surface area (Å²) in [7, 11) is -3.85. The normalized spacial score (nSPS) is 11.7. The van der Waals surface area contributed by atoms with Crippen molar-refractivity contribution in [2.24, 2.45) is 0 Å². The molecule has 0 saturated carbocycles. The Labute approximate surface area is 220 Å². The van der Waals surface area contributed by atoms with Gasteiger partial charge >= 0.3 is 0 Å². The van der Waals surface area contributed by atoms with E-state index >= 15 is 0 Å². The third-order valence-corrected chi connectivity index (χ3v) is 7.36. The Balaban J connectivity index is 1.57. The maximum atomic E-state index is 13.3. The molecule has 0 aliphatic carbocycles. The summed E-state index contributed by atoms with van der Waals surface area (Å²) in [6.07, 6.45) is 1.73. The van der Waals surface area contributed by atoms with Gasteiger partial charge in [0, 0.05) is 21.3 Å². The van der Waals surface area contributed by atoms with Crippen molar-refractivity contribution in [1.29, 1.82) is 0 Å². The Hall–Kier alpha value is -3.58. The van der Waals surface area contributed by atoms with Gasteiger partial charge in [-0.1, -0.05) is 77.8 Å². The zero-order valence-electron chi connectivity index (χ0n) is 19.2. The van der Waals surface area contributed by atoms with Crippen LogP contribution in [0.1, 0.15) is 16.7 Å². The number of anilines is 2. The minimum absolute atomic E-state index is 0.0507. The monoisotopic (exact) mass is 536 g/mol. The van der Waals surface area contributed by atoms with Crippen LogP contribution in [0.5, 0.6) is 0 Å². The average molecular weight is 537 g/mol. The highest BCUT2D eigenvalue weighted by Gasteiger charge is 2.17. The van der Waals surface area contributed by atoms with E-state index in [0.29, 0.717) is 32.6 Å². The van der Waals surface area contributed by atoms with Crippen molar-refractivity contribution in [2.75, 3.05) is 10.0 Å². The molecule has 0 heterocycles. The van der Waals surface area contributed by atoms with Gasteiger partial charge in [-0.05, 0) is 72.2 Å². The zero-order chi connectivity index (χ0) is 25.7. The van der Waals surface area contributed by atoms with Gasteiger partial charge in [0.1, 0.15) is 0 Å².